The molecule has 0 amide bonds. The zero-order chi connectivity index (χ0) is 27.6. The summed E-state index contributed by atoms with van der Waals surface area (Å²) in [7, 11) is -10.8. The van der Waals surface area contributed by atoms with Gasteiger partial charge in [-0.05, 0) is 45.2 Å². The van der Waals surface area contributed by atoms with Crippen LogP contribution in [0.1, 0.15) is 22.6 Å². The second kappa shape index (κ2) is 14.4. The van der Waals surface area contributed by atoms with Gasteiger partial charge in [0, 0.05) is 18.3 Å². The normalized spacial score (nSPS) is 21.0. The van der Waals surface area contributed by atoms with Crippen molar-refractivity contribution in [2.75, 3.05) is 0 Å². The summed E-state index contributed by atoms with van der Waals surface area (Å²) in [4.78, 5) is 2.93. The van der Waals surface area contributed by atoms with Gasteiger partial charge in [0.2, 0.25) is 20.8 Å². The van der Waals surface area contributed by atoms with E-state index in [0.29, 0.717) is 11.1 Å². The quantitative estimate of drug-likeness (QED) is 0.124. The number of aromatic amines is 1. The molecular formula is C27H23NNa2O9S2. The van der Waals surface area contributed by atoms with Crippen molar-refractivity contribution in [3.8, 4) is 0 Å². The van der Waals surface area contributed by atoms with E-state index in [-0.39, 0.29) is 71.3 Å². The van der Waals surface area contributed by atoms with Crippen molar-refractivity contribution in [2.45, 2.75) is 30.8 Å². The Labute approximate surface area is 282 Å². The third-order valence-electron chi connectivity index (χ3n) is 6.47. The van der Waals surface area contributed by atoms with Crippen molar-refractivity contribution in [2.24, 2.45) is 0 Å². The van der Waals surface area contributed by atoms with Gasteiger partial charge in [0.25, 0.3) is 0 Å². The number of rotatable bonds is 9. The monoisotopic (exact) mass is 615 g/mol. The Kier molecular flexibility index (Phi) is 12.0. The maximum Gasteiger partial charge on any atom is 1.00 e. The Balaban J connectivity index is 0.00000231. The van der Waals surface area contributed by atoms with Crippen molar-refractivity contribution >= 4 is 37.1 Å². The average molecular weight is 616 g/mol. The number of ether oxygens (including phenoxy) is 1. The predicted molar refractivity (Wildman–Crippen MR) is 140 cm³/mol. The largest absolute Gasteiger partial charge is 1.00 e. The van der Waals surface area contributed by atoms with E-state index in [1.54, 1.807) is 67.0 Å². The Morgan fingerprint density at radius 3 is 2.05 bits per heavy atom. The fraction of sp³-hybridized carbons (Fsp3) is 0.185. The van der Waals surface area contributed by atoms with E-state index in [2.05, 4.69) is 4.98 Å². The Morgan fingerprint density at radius 2 is 1.41 bits per heavy atom. The average Bonchev–Trinajstić information content (AvgIpc) is 3.42. The molecule has 1 aliphatic carbocycles. The van der Waals surface area contributed by atoms with Gasteiger partial charge in [-0.25, -0.2) is 16.8 Å². The summed E-state index contributed by atoms with van der Waals surface area (Å²) in [5.74, 6) is -0.720. The number of aromatic nitrogens is 1. The number of hydrogen-bond donors (Lipinski definition) is 1. The zero-order valence-corrected chi connectivity index (χ0v) is 27.9. The molecule has 1 heterocycles. The van der Waals surface area contributed by atoms with Crippen LogP contribution in [0, 0.1) is 0 Å². The number of fused-ring (bicyclic) bond motifs is 1. The first-order chi connectivity index (χ1) is 18.6. The van der Waals surface area contributed by atoms with E-state index in [9.17, 15) is 25.9 Å². The molecule has 204 valence electrons. The first-order valence-corrected chi connectivity index (χ1v) is 14.5. The zero-order valence-electron chi connectivity index (χ0n) is 22.2. The van der Waals surface area contributed by atoms with Crippen LogP contribution in [-0.4, -0.2) is 49.2 Å². The summed E-state index contributed by atoms with van der Waals surface area (Å²) in [5, 5.41) is 1.70. The molecule has 41 heavy (non-hydrogen) atoms. The van der Waals surface area contributed by atoms with Gasteiger partial charge in [-0.15, -0.1) is 0 Å². The van der Waals surface area contributed by atoms with Gasteiger partial charge < -0.3 is 18.8 Å². The standard InChI is InChI=1S/C27H25NO9S2.2Na/c29-38(30,31)36-26-23(21-11-10-19-8-4-5-9-20(19)14-21)15-24(22-12-13-28-16-22)25(27(26)37-39(32,33)34)35-17-18-6-2-1-3-7-18;;/h1-16,24-28H,17H2,(H,29,30,31)(H,32,33,34);;/q;2*+1/p-2/t24-,25-,26-,27+;;/m1../s1. The topological polar surface area (TPSA) is 158 Å². The number of nitrogens with one attached hydrogen (secondary N) is 1. The van der Waals surface area contributed by atoms with Gasteiger partial charge in [0.05, 0.1) is 12.7 Å². The molecule has 0 saturated heterocycles. The van der Waals surface area contributed by atoms with Gasteiger partial charge in [0.15, 0.2) is 0 Å². The minimum atomic E-state index is -5.40. The Morgan fingerprint density at radius 1 is 0.756 bits per heavy atom. The molecule has 0 bridgehead atoms. The van der Waals surface area contributed by atoms with E-state index in [4.69, 9.17) is 13.1 Å². The third kappa shape index (κ3) is 8.83. The van der Waals surface area contributed by atoms with Crippen molar-refractivity contribution in [1.82, 2.24) is 4.98 Å². The van der Waals surface area contributed by atoms with E-state index in [1.807, 2.05) is 30.3 Å². The smallest absolute Gasteiger partial charge is 0.726 e. The molecule has 0 spiro atoms. The Bertz CT molecular complexity index is 1700. The summed E-state index contributed by atoms with van der Waals surface area (Å²) >= 11 is 0. The molecule has 4 aromatic rings. The molecule has 0 aliphatic heterocycles. The summed E-state index contributed by atoms with van der Waals surface area (Å²) in [6.45, 7) is -0.0266. The first kappa shape index (κ1) is 34.1. The molecular weight excluding hydrogens is 592 g/mol. The molecule has 4 atom stereocenters. The maximum atomic E-state index is 11.9. The summed E-state index contributed by atoms with van der Waals surface area (Å²) in [5.41, 5.74) is 1.97. The van der Waals surface area contributed by atoms with Crippen molar-refractivity contribution < 1.29 is 98.2 Å². The van der Waals surface area contributed by atoms with E-state index >= 15 is 0 Å². The molecule has 14 heteroatoms. The molecule has 1 aliphatic rings. The van der Waals surface area contributed by atoms with Gasteiger partial charge in [0.1, 0.15) is 12.2 Å². The van der Waals surface area contributed by atoms with Crippen LogP contribution >= 0.6 is 0 Å². The van der Waals surface area contributed by atoms with Crippen LogP contribution in [-0.2, 0) is 40.5 Å². The van der Waals surface area contributed by atoms with Gasteiger partial charge in [-0.3, -0.25) is 8.37 Å². The molecule has 1 N–H and O–H groups in total. The van der Waals surface area contributed by atoms with E-state index < -0.39 is 45.0 Å². The minimum Gasteiger partial charge on any atom is -0.726 e. The number of H-pyrrole nitrogens is 1. The van der Waals surface area contributed by atoms with Gasteiger partial charge >= 0.3 is 59.1 Å². The van der Waals surface area contributed by atoms with Crippen molar-refractivity contribution in [3.05, 3.63) is 114 Å². The Hall–Kier alpha value is -1.36. The van der Waals surface area contributed by atoms with Crippen LogP contribution in [0.5, 0.6) is 0 Å². The first-order valence-electron chi connectivity index (χ1n) is 11.8. The molecule has 0 unspecified atom stereocenters. The maximum absolute atomic E-state index is 11.9. The van der Waals surface area contributed by atoms with Crippen LogP contribution in [0.2, 0.25) is 0 Å². The molecule has 0 saturated carbocycles. The number of hydrogen-bond acceptors (Lipinski definition) is 9. The summed E-state index contributed by atoms with van der Waals surface area (Å²) < 4.78 is 87.2. The van der Waals surface area contributed by atoms with Crippen LogP contribution in [0.15, 0.2) is 97.3 Å². The predicted octanol–water partition coefficient (Wildman–Crippen LogP) is -2.37. The molecule has 10 nitrogen and oxygen atoms in total. The molecule has 0 fully saturated rings. The molecule has 5 rings (SSSR count). The third-order valence-corrected chi connectivity index (χ3v) is 7.37. The molecule has 3 aromatic carbocycles. The van der Waals surface area contributed by atoms with Gasteiger partial charge in [-0.2, -0.15) is 0 Å². The van der Waals surface area contributed by atoms with Gasteiger partial charge in [-0.1, -0.05) is 72.8 Å². The van der Waals surface area contributed by atoms with Crippen LogP contribution in [0.25, 0.3) is 16.3 Å². The summed E-state index contributed by atoms with van der Waals surface area (Å²) in [6, 6.07) is 23.3. The fourth-order valence-electron chi connectivity index (χ4n) is 4.84. The molecule has 0 radical (unpaired) electrons. The second-order valence-electron chi connectivity index (χ2n) is 9.01. The van der Waals surface area contributed by atoms with Crippen molar-refractivity contribution in [1.29, 1.82) is 0 Å². The van der Waals surface area contributed by atoms with Crippen molar-refractivity contribution in [3.63, 3.8) is 0 Å². The van der Waals surface area contributed by atoms with Crippen LogP contribution in [0.3, 0.4) is 0 Å². The fourth-order valence-corrected chi connectivity index (χ4v) is 5.79. The van der Waals surface area contributed by atoms with E-state index in [0.717, 1.165) is 16.3 Å². The molecule has 1 aromatic heterocycles. The van der Waals surface area contributed by atoms with Crippen LogP contribution < -0.4 is 59.1 Å². The summed E-state index contributed by atoms with van der Waals surface area (Å²) in [6.07, 6.45) is 0.112. The number of benzene rings is 3. The van der Waals surface area contributed by atoms with E-state index in [1.165, 1.54) is 0 Å². The minimum absolute atomic E-state index is 0. The van der Waals surface area contributed by atoms with Crippen LogP contribution in [0.4, 0.5) is 0 Å². The SMILES string of the molecule is O=S(=O)([O-])O[C@H]1[C@H](OCc2ccccc2)[C@@H](c2cc[nH]c2)C=C(c2ccc3ccccc3c2)[C@H]1OS(=O)(=O)[O-].[Na+].[Na+]. The second-order valence-corrected chi connectivity index (χ2v) is 11.0.